The van der Waals surface area contributed by atoms with Crippen LogP contribution in [-0.2, 0) is 27.3 Å². The van der Waals surface area contributed by atoms with Crippen LogP contribution in [0.1, 0.15) is 49.8 Å². The van der Waals surface area contributed by atoms with Crippen LogP contribution in [0.2, 0.25) is 0 Å². The second kappa shape index (κ2) is 15.8. The lowest BCUT2D eigenvalue weighted by molar-refractivity contribution is -0.131. The number of fused-ring (bicyclic) bond motifs is 2. The van der Waals surface area contributed by atoms with Crippen molar-refractivity contribution >= 4 is 47.1 Å². The van der Waals surface area contributed by atoms with Crippen LogP contribution < -0.4 is 25.4 Å². The van der Waals surface area contributed by atoms with E-state index in [2.05, 4.69) is 11.9 Å². The number of nitrogens with zero attached hydrogens (tertiary/aromatic N) is 1. The van der Waals surface area contributed by atoms with Crippen molar-refractivity contribution in [2.45, 2.75) is 19.4 Å². The Bertz CT molecular complexity index is 1930. The fourth-order valence-corrected chi connectivity index (χ4v) is 5.44. The maximum Gasteiger partial charge on any atom is 0.377 e. The molecule has 0 saturated heterocycles. The van der Waals surface area contributed by atoms with Crippen LogP contribution >= 0.6 is 11.6 Å². The Hall–Kier alpha value is -4.90. The number of ether oxygens (including phenoxy) is 3. The highest BCUT2D eigenvalue weighted by atomic mass is 35.5. The van der Waals surface area contributed by atoms with Gasteiger partial charge in [0.2, 0.25) is 0 Å². The zero-order chi connectivity index (χ0) is 34.2. The topological polar surface area (TPSA) is 128 Å². The van der Waals surface area contributed by atoms with Gasteiger partial charge < -0.3 is 34.0 Å². The Morgan fingerprint density at radius 2 is 1.69 bits per heavy atom. The smallest absolute Gasteiger partial charge is 0.377 e. The highest BCUT2D eigenvalue weighted by molar-refractivity contribution is 6.40. The second-order valence-electron chi connectivity index (χ2n) is 11.4. The molecule has 1 amide bonds. The standard InChI is InChI=1S/C37H37ClN2O8/c1-23-6-11-29-32(19-23)48-33-21-25(40(2)3)8-13-30(33)34(29)31-20-24(7-12-28(31)35(41)37(43)44)36(42)39-15-16-45-17-18-46-22-27-10-9-26(47-27)5-4-14-38/h6-13,19-21H,1,4-5,14-18,22H2,2-3H3,(H,39,42)(H,43,44). The molecule has 0 unspecified atom stereocenters. The Morgan fingerprint density at radius 1 is 0.896 bits per heavy atom. The summed E-state index contributed by atoms with van der Waals surface area (Å²) in [5.41, 5.74) is 2.60. The summed E-state index contributed by atoms with van der Waals surface area (Å²) >= 11 is 5.73. The summed E-state index contributed by atoms with van der Waals surface area (Å²) in [5, 5.41) is 13.8. The van der Waals surface area contributed by atoms with Crippen molar-refractivity contribution in [2.75, 3.05) is 51.2 Å². The number of carboxylic acids is 1. The van der Waals surface area contributed by atoms with Gasteiger partial charge in [0.15, 0.2) is 0 Å². The second-order valence-corrected chi connectivity index (χ2v) is 11.7. The zero-order valence-corrected chi connectivity index (χ0v) is 27.6. The van der Waals surface area contributed by atoms with Crippen LogP contribution in [0, 0.1) is 0 Å². The number of carbonyl (C=O) groups excluding carboxylic acids is 2. The number of ketones is 1. The molecule has 48 heavy (non-hydrogen) atoms. The minimum absolute atomic E-state index is 0.0485. The van der Waals surface area contributed by atoms with Crippen molar-refractivity contribution in [3.63, 3.8) is 0 Å². The number of benzene rings is 3. The normalized spacial score (nSPS) is 11.8. The monoisotopic (exact) mass is 672 g/mol. The average molecular weight is 673 g/mol. The van der Waals surface area contributed by atoms with Gasteiger partial charge in [-0.3, -0.25) is 9.59 Å². The van der Waals surface area contributed by atoms with Crippen molar-refractivity contribution in [3.05, 3.63) is 111 Å². The molecule has 0 fully saturated rings. The van der Waals surface area contributed by atoms with Crippen LogP contribution in [0.5, 0.6) is 11.5 Å². The van der Waals surface area contributed by atoms with E-state index < -0.39 is 17.7 Å². The number of Topliss-reactive ketones (excluding diaryl/α,β-unsaturated/α-hetero) is 1. The molecule has 0 bridgehead atoms. The Morgan fingerprint density at radius 3 is 2.46 bits per heavy atom. The lowest BCUT2D eigenvalue weighted by Crippen LogP contribution is -2.28. The Kier molecular flexibility index (Phi) is 11.3. The molecule has 2 heterocycles. The molecule has 3 aromatic carbocycles. The quantitative estimate of drug-likeness (QED) is 0.0674. The number of alkyl halides is 1. The van der Waals surface area contributed by atoms with Crippen molar-refractivity contribution in [3.8, 4) is 11.5 Å². The van der Waals surface area contributed by atoms with Crippen LogP contribution in [0.25, 0.3) is 12.2 Å². The number of amides is 1. The predicted octanol–water partition coefficient (Wildman–Crippen LogP) is 4.51. The summed E-state index contributed by atoms with van der Waals surface area (Å²) in [5.74, 6) is 0.125. The molecule has 1 aliphatic rings. The van der Waals surface area contributed by atoms with Crippen molar-refractivity contribution in [2.24, 2.45) is 0 Å². The number of anilines is 1. The predicted molar refractivity (Wildman–Crippen MR) is 183 cm³/mol. The number of hydrogen-bond acceptors (Lipinski definition) is 8. The van der Waals surface area contributed by atoms with Crippen LogP contribution in [0.3, 0.4) is 0 Å². The highest BCUT2D eigenvalue weighted by Gasteiger charge is 2.27. The lowest BCUT2D eigenvalue weighted by atomic mass is 9.87. The van der Waals surface area contributed by atoms with Gasteiger partial charge in [0.05, 0.1) is 19.8 Å². The Labute approximate surface area is 283 Å². The van der Waals surface area contributed by atoms with Crippen molar-refractivity contribution in [1.29, 1.82) is 0 Å². The first-order valence-electron chi connectivity index (χ1n) is 15.5. The first-order valence-corrected chi connectivity index (χ1v) is 16.0. The fourth-order valence-electron chi connectivity index (χ4n) is 5.30. The molecule has 11 heteroatoms. The molecular formula is C37H37ClN2O8. The highest BCUT2D eigenvalue weighted by Crippen LogP contribution is 2.39. The third-order valence-electron chi connectivity index (χ3n) is 7.70. The largest absolute Gasteiger partial charge is 0.475 e. The summed E-state index contributed by atoms with van der Waals surface area (Å²) in [4.78, 5) is 40.0. The van der Waals surface area contributed by atoms with Crippen LogP contribution in [-0.4, -0.2) is 69.1 Å². The number of aryl methyl sites for hydroxylation is 1. The molecule has 0 saturated carbocycles. The van der Waals surface area contributed by atoms with E-state index in [9.17, 15) is 19.5 Å². The van der Waals surface area contributed by atoms with E-state index in [4.69, 9.17) is 30.2 Å². The minimum atomic E-state index is -1.60. The number of carboxylic acid groups (broad SMARTS) is 1. The van der Waals surface area contributed by atoms with E-state index in [1.54, 1.807) is 18.2 Å². The third kappa shape index (κ3) is 8.14. The van der Waals surface area contributed by atoms with Crippen molar-refractivity contribution in [1.82, 2.24) is 5.32 Å². The van der Waals surface area contributed by atoms with Gasteiger partial charge in [-0.05, 0) is 65.7 Å². The number of rotatable bonds is 16. The van der Waals surface area contributed by atoms with E-state index in [-0.39, 0.29) is 24.3 Å². The molecule has 250 valence electrons. The molecule has 1 aliphatic heterocycles. The molecule has 0 spiro atoms. The summed E-state index contributed by atoms with van der Waals surface area (Å²) in [6.07, 6.45) is 1.64. The average Bonchev–Trinajstić information content (AvgIpc) is 3.53. The molecular weight excluding hydrogens is 636 g/mol. The van der Waals surface area contributed by atoms with E-state index in [1.807, 2.05) is 55.4 Å². The molecule has 1 aromatic heterocycles. The Balaban J connectivity index is 1.30. The summed E-state index contributed by atoms with van der Waals surface area (Å²) < 4.78 is 23.2. The molecule has 2 N–H and O–H groups in total. The molecule has 5 rings (SSSR count). The van der Waals surface area contributed by atoms with Crippen molar-refractivity contribution < 1.29 is 38.1 Å². The number of hydrogen-bond donors (Lipinski definition) is 2. The van der Waals surface area contributed by atoms with Gasteiger partial charge in [0.1, 0.15) is 29.6 Å². The maximum absolute atomic E-state index is 13.3. The van der Waals surface area contributed by atoms with E-state index in [0.717, 1.165) is 30.0 Å². The molecule has 0 aliphatic carbocycles. The first kappa shape index (κ1) is 34.4. The fraction of sp³-hybridized carbons (Fsp3) is 0.270. The first-order chi connectivity index (χ1) is 23.2. The minimum Gasteiger partial charge on any atom is -0.475 e. The van der Waals surface area contributed by atoms with Gasteiger partial charge in [0, 0.05) is 72.2 Å². The molecule has 10 nitrogen and oxygen atoms in total. The van der Waals surface area contributed by atoms with Gasteiger partial charge in [-0.2, -0.15) is 0 Å². The van der Waals surface area contributed by atoms with E-state index >= 15 is 0 Å². The van der Waals surface area contributed by atoms with Gasteiger partial charge >= 0.3 is 5.97 Å². The third-order valence-corrected chi connectivity index (χ3v) is 7.97. The number of halogens is 1. The molecule has 0 radical (unpaired) electrons. The summed E-state index contributed by atoms with van der Waals surface area (Å²) in [6.45, 7) is 5.49. The maximum atomic E-state index is 13.3. The summed E-state index contributed by atoms with van der Waals surface area (Å²) in [7, 11) is 3.81. The number of nitrogens with one attached hydrogen (secondary N) is 1. The van der Waals surface area contributed by atoms with Gasteiger partial charge in [-0.1, -0.05) is 18.7 Å². The van der Waals surface area contributed by atoms with Gasteiger partial charge in [-0.15, -0.1) is 11.6 Å². The van der Waals surface area contributed by atoms with E-state index in [1.165, 1.54) is 12.1 Å². The van der Waals surface area contributed by atoms with Gasteiger partial charge in [0.25, 0.3) is 11.7 Å². The SMILES string of the molecule is C=c1ccc2c(c1)Oc1cc(N(C)C)ccc1C=2c1cc(C(=O)NCCOCCOCc2ccc(CCCCl)o2)ccc1C(=O)C(=O)O. The lowest BCUT2D eigenvalue weighted by Gasteiger charge is -2.24. The number of carbonyl (C=O) groups is 3. The van der Waals surface area contributed by atoms with Crippen LogP contribution in [0.15, 0.2) is 71.1 Å². The van der Waals surface area contributed by atoms with Gasteiger partial charge in [-0.25, -0.2) is 4.79 Å². The number of furan rings is 1. The molecule has 4 aromatic rings. The molecule has 0 atom stereocenters. The summed E-state index contributed by atoms with van der Waals surface area (Å²) in [6, 6.07) is 19.2. The van der Waals surface area contributed by atoms with Crippen LogP contribution in [0.4, 0.5) is 5.69 Å². The number of aliphatic carboxylic acids is 1. The zero-order valence-electron chi connectivity index (χ0n) is 26.8. The van der Waals surface area contributed by atoms with E-state index in [0.29, 0.717) is 64.3 Å².